The fraction of sp³-hybridized carbons (Fsp3) is 0.200. The Morgan fingerprint density at radius 1 is 1.09 bits per heavy atom. The molecule has 0 N–H and O–H groups in total. The van der Waals surface area contributed by atoms with Crippen molar-refractivity contribution in [1.82, 2.24) is 4.90 Å². The number of nitrogens with zero attached hydrogens (tertiary/aromatic N) is 2. The molecule has 2 heterocycles. The number of benzene rings is 3. The van der Waals surface area contributed by atoms with Gasteiger partial charge in [-0.15, -0.1) is 11.8 Å². The van der Waals surface area contributed by atoms with Crippen molar-refractivity contribution in [2.45, 2.75) is 18.3 Å². The molecule has 4 nitrogen and oxygen atoms in total. The van der Waals surface area contributed by atoms with Gasteiger partial charge in [0.05, 0.1) is 12.2 Å². The highest BCUT2D eigenvalue weighted by Crippen LogP contribution is 2.55. The van der Waals surface area contributed by atoms with Gasteiger partial charge in [-0.05, 0) is 43.3 Å². The first-order valence-electron chi connectivity index (χ1n) is 10.4. The van der Waals surface area contributed by atoms with Crippen LogP contribution < -0.4 is 4.90 Å². The van der Waals surface area contributed by atoms with E-state index in [1.165, 1.54) is 28.8 Å². The molecular weight excluding hydrogens is 466 g/mol. The number of thioether (sulfide) groups is 1. The summed E-state index contributed by atoms with van der Waals surface area (Å²) < 4.78 is 27.9. The topological polar surface area (TPSA) is 40.6 Å². The molecule has 0 saturated carbocycles. The van der Waals surface area contributed by atoms with E-state index in [1.807, 2.05) is 25.1 Å². The molecule has 5 rings (SSSR count). The summed E-state index contributed by atoms with van der Waals surface area (Å²) in [6, 6.07) is 15.5. The molecule has 3 aromatic carbocycles. The van der Waals surface area contributed by atoms with Crippen LogP contribution in [-0.2, 0) is 16.2 Å². The summed E-state index contributed by atoms with van der Waals surface area (Å²) >= 11 is 7.38. The van der Waals surface area contributed by atoms with E-state index in [1.54, 1.807) is 29.2 Å². The molecule has 1 atom stereocenters. The van der Waals surface area contributed by atoms with Crippen molar-refractivity contribution >= 4 is 40.9 Å². The number of rotatable bonds is 3. The number of amides is 2. The smallest absolute Gasteiger partial charge is 0.268 e. The maximum absolute atomic E-state index is 14.4. The summed E-state index contributed by atoms with van der Waals surface area (Å²) in [5, 5.41) is 0.516. The number of hydrogen-bond acceptors (Lipinski definition) is 3. The lowest BCUT2D eigenvalue weighted by Crippen LogP contribution is -2.50. The molecule has 1 spiro atoms. The number of fused-ring (bicyclic) bond motifs is 2. The van der Waals surface area contributed by atoms with Crippen LogP contribution in [0.2, 0.25) is 5.02 Å². The molecule has 0 aliphatic carbocycles. The van der Waals surface area contributed by atoms with Gasteiger partial charge < -0.3 is 9.80 Å². The van der Waals surface area contributed by atoms with Crippen LogP contribution in [-0.4, -0.2) is 29.0 Å². The molecule has 0 aromatic heterocycles. The molecule has 2 amide bonds. The molecule has 0 bridgehead atoms. The molecule has 8 heteroatoms. The molecule has 168 valence electrons. The van der Waals surface area contributed by atoms with Gasteiger partial charge in [-0.1, -0.05) is 35.4 Å². The first kappa shape index (κ1) is 21.9. The summed E-state index contributed by atoms with van der Waals surface area (Å²) in [5.74, 6) is -1.39. The highest BCUT2D eigenvalue weighted by Gasteiger charge is 2.59. The molecule has 2 aliphatic heterocycles. The zero-order chi connectivity index (χ0) is 23.3. The SMILES string of the molecule is Cc1ccc2c(c1)[C@@]1(SCCN1C(=O)c1ccc(Cl)cc1)C(=O)N2Cc1ccc(F)cc1F. The predicted molar refractivity (Wildman–Crippen MR) is 125 cm³/mol. The minimum atomic E-state index is -1.24. The molecule has 1 fully saturated rings. The zero-order valence-electron chi connectivity index (χ0n) is 17.6. The van der Waals surface area contributed by atoms with E-state index in [9.17, 15) is 18.4 Å². The second kappa shape index (κ2) is 8.15. The minimum absolute atomic E-state index is 0.0632. The molecular formula is C25H19ClF2N2O2S. The van der Waals surface area contributed by atoms with Gasteiger partial charge in [-0.3, -0.25) is 9.59 Å². The molecule has 2 aliphatic rings. The Balaban J connectivity index is 1.60. The number of aryl methyl sites for hydroxylation is 1. The van der Waals surface area contributed by atoms with Crippen LogP contribution in [0.3, 0.4) is 0 Å². The van der Waals surface area contributed by atoms with E-state index >= 15 is 0 Å². The van der Waals surface area contributed by atoms with E-state index < -0.39 is 16.5 Å². The zero-order valence-corrected chi connectivity index (χ0v) is 19.2. The van der Waals surface area contributed by atoms with E-state index in [0.717, 1.165) is 11.6 Å². The lowest BCUT2D eigenvalue weighted by atomic mass is 10.0. The monoisotopic (exact) mass is 484 g/mol. The Bertz CT molecular complexity index is 1280. The summed E-state index contributed by atoms with van der Waals surface area (Å²) in [4.78, 5) is 29.3. The predicted octanol–water partition coefficient (Wildman–Crippen LogP) is 5.52. The Hall–Kier alpha value is -2.90. The second-order valence-electron chi connectivity index (χ2n) is 8.10. The largest absolute Gasteiger partial charge is 0.311 e. The molecule has 0 radical (unpaired) electrons. The van der Waals surface area contributed by atoms with Crippen LogP contribution in [0.5, 0.6) is 0 Å². The quantitative estimate of drug-likeness (QED) is 0.492. The van der Waals surface area contributed by atoms with Crippen LogP contribution in [0.4, 0.5) is 14.5 Å². The number of carbonyl (C=O) groups excluding carboxylic acids is 2. The van der Waals surface area contributed by atoms with Crippen molar-refractivity contribution < 1.29 is 18.4 Å². The van der Waals surface area contributed by atoms with Gasteiger partial charge in [0.1, 0.15) is 11.6 Å². The Labute approximate surface area is 199 Å². The third-order valence-electron chi connectivity index (χ3n) is 6.03. The average molecular weight is 485 g/mol. The van der Waals surface area contributed by atoms with Crippen LogP contribution in [0.25, 0.3) is 0 Å². The van der Waals surface area contributed by atoms with Crippen molar-refractivity contribution in [1.29, 1.82) is 0 Å². The molecule has 33 heavy (non-hydrogen) atoms. The molecule has 1 saturated heterocycles. The Morgan fingerprint density at radius 2 is 1.85 bits per heavy atom. The third kappa shape index (κ3) is 3.50. The number of carbonyl (C=O) groups is 2. The standard InChI is InChI=1S/C25H19ClF2N2O2S/c1-15-2-9-22-20(12-15)25(24(32)29(22)14-17-5-8-19(27)13-21(17)28)30(10-11-33-25)23(31)16-3-6-18(26)7-4-16/h2-9,12-13H,10-11,14H2,1H3/t25-/m1/s1. The van der Waals surface area contributed by atoms with Gasteiger partial charge in [-0.2, -0.15) is 0 Å². The van der Waals surface area contributed by atoms with Crippen molar-refractivity contribution in [2.75, 3.05) is 17.2 Å². The normalized spacial score (nSPS) is 19.5. The maximum Gasteiger partial charge on any atom is 0.268 e. The number of hydrogen-bond donors (Lipinski definition) is 0. The highest BCUT2D eigenvalue weighted by molar-refractivity contribution is 8.01. The minimum Gasteiger partial charge on any atom is -0.311 e. The van der Waals surface area contributed by atoms with Crippen LogP contribution in [0, 0.1) is 18.6 Å². The van der Waals surface area contributed by atoms with Gasteiger partial charge >= 0.3 is 0 Å². The van der Waals surface area contributed by atoms with Gasteiger partial charge in [-0.25, -0.2) is 8.78 Å². The fourth-order valence-corrected chi connectivity index (χ4v) is 6.03. The summed E-state index contributed by atoms with van der Waals surface area (Å²) in [6.45, 7) is 2.25. The first-order valence-corrected chi connectivity index (χ1v) is 11.8. The summed E-state index contributed by atoms with van der Waals surface area (Å²) in [6.07, 6.45) is 0. The van der Waals surface area contributed by atoms with Gasteiger partial charge in [0, 0.05) is 40.1 Å². The highest BCUT2D eigenvalue weighted by atomic mass is 35.5. The van der Waals surface area contributed by atoms with E-state index in [0.29, 0.717) is 34.1 Å². The van der Waals surface area contributed by atoms with Gasteiger partial charge in [0.25, 0.3) is 11.8 Å². The lowest BCUT2D eigenvalue weighted by Gasteiger charge is -2.33. The van der Waals surface area contributed by atoms with Crippen molar-refractivity contribution in [2.24, 2.45) is 0 Å². The average Bonchev–Trinajstić information content (AvgIpc) is 3.32. The van der Waals surface area contributed by atoms with E-state index in [2.05, 4.69) is 0 Å². The number of anilines is 1. The van der Waals surface area contributed by atoms with Crippen LogP contribution in [0.15, 0.2) is 60.7 Å². The summed E-state index contributed by atoms with van der Waals surface area (Å²) in [5.41, 5.74) is 2.91. The fourth-order valence-electron chi connectivity index (χ4n) is 4.45. The Morgan fingerprint density at radius 3 is 2.58 bits per heavy atom. The van der Waals surface area contributed by atoms with E-state index in [-0.39, 0.29) is 23.9 Å². The van der Waals surface area contributed by atoms with Crippen molar-refractivity contribution in [3.8, 4) is 0 Å². The second-order valence-corrected chi connectivity index (χ2v) is 9.83. The maximum atomic E-state index is 14.4. The van der Waals surface area contributed by atoms with Crippen molar-refractivity contribution in [3.63, 3.8) is 0 Å². The van der Waals surface area contributed by atoms with Crippen LogP contribution >= 0.6 is 23.4 Å². The lowest BCUT2D eigenvalue weighted by molar-refractivity contribution is -0.123. The van der Waals surface area contributed by atoms with Crippen molar-refractivity contribution in [3.05, 3.63) is 99.6 Å². The van der Waals surface area contributed by atoms with Crippen LogP contribution in [0.1, 0.15) is 27.0 Å². The third-order valence-corrected chi connectivity index (χ3v) is 7.70. The van der Waals surface area contributed by atoms with Gasteiger partial charge in [0.15, 0.2) is 4.87 Å². The molecule has 0 unspecified atom stereocenters. The molecule has 3 aromatic rings. The van der Waals surface area contributed by atoms with Gasteiger partial charge in [0.2, 0.25) is 0 Å². The first-order chi connectivity index (χ1) is 15.8. The number of halogens is 3. The Kier molecular flexibility index (Phi) is 5.41. The summed E-state index contributed by atoms with van der Waals surface area (Å²) in [7, 11) is 0. The van der Waals surface area contributed by atoms with E-state index in [4.69, 9.17) is 11.6 Å².